The Labute approximate surface area is 219 Å². The third-order valence-corrected chi connectivity index (χ3v) is 7.24. The Bertz CT molecular complexity index is 1760. The summed E-state index contributed by atoms with van der Waals surface area (Å²) in [7, 11) is 1.54. The summed E-state index contributed by atoms with van der Waals surface area (Å²) in [5.74, 6) is -0.798. The first kappa shape index (κ1) is 23.6. The van der Waals surface area contributed by atoms with E-state index >= 15 is 0 Å². The molecule has 12 nitrogen and oxygen atoms in total. The Morgan fingerprint density at radius 3 is 2.71 bits per heavy atom. The molecule has 0 spiro atoms. The van der Waals surface area contributed by atoms with Crippen molar-refractivity contribution in [1.29, 1.82) is 0 Å². The molecule has 0 radical (unpaired) electrons. The highest BCUT2D eigenvalue weighted by Crippen LogP contribution is 2.32. The Morgan fingerprint density at radius 1 is 1.05 bits per heavy atom. The van der Waals surface area contributed by atoms with Crippen molar-refractivity contribution in [1.82, 2.24) is 44.8 Å². The molecule has 2 amide bonds. The zero-order chi connectivity index (χ0) is 26.2. The van der Waals surface area contributed by atoms with Crippen LogP contribution < -0.4 is 16.3 Å². The van der Waals surface area contributed by atoms with Gasteiger partial charge < -0.3 is 10.6 Å². The van der Waals surface area contributed by atoms with E-state index in [0.717, 1.165) is 37.9 Å². The SMILES string of the molecule is Cn1nnn(-c2ccc3c(c2)CC[C@H]3NC(=O)c2cc(C(=O)NCc3ccc4cnsc4c3)ncn2)c1=O. The number of tetrazole rings is 1. The monoisotopic (exact) mass is 527 g/mol. The Balaban J connectivity index is 1.12. The first-order valence-electron chi connectivity index (χ1n) is 11.8. The van der Waals surface area contributed by atoms with Gasteiger partial charge in [-0.05, 0) is 69.7 Å². The molecule has 3 aromatic heterocycles. The lowest BCUT2D eigenvalue weighted by molar-refractivity contribution is 0.0931. The predicted molar refractivity (Wildman–Crippen MR) is 138 cm³/mol. The second kappa shape index (κ2) is 9.59. The van der Waals surface area contributed by atoms with Crippen LogP contribution >= 0.6 is 11.5 Å². The average Bonchev–Trinajstić information content (AvgIpc) is 3.66. The van der Waals surface area contributed by atoms with Crippen molar-refractivity contribution in [2.75, 3.05) is 0 Å². The fourth-order valence-electron chi connectivity index (χ4n) is 4.49. The van der Waals surface area contributed by atoms with Gasteiger partial charge in [-0.15, -0.1) is 0 Å². The van der Waals surface area contributed by atoms with Gasteiger partial charge in [0, 0.05) is 31.2 Å². The lowest BCUT2D eigenvalue weighted by atomic mass is 10.1. The van der Waals surface area contributed by atoms with Gasteiger partial charge in [0.1, 0.15) is 17.7 Å². The zero-order valence-corrected chi connectivity index (χ0v) is 21.0. The van der Waals surface area contributed by atoms with Crippen LogP contribution in [0, 0.1) is 0 Å². The molecule has 0 unspecified atom stereocenters. The maximum Gasteiger partial charge on any atom is 0.368 e. The molecule has 0 aliphatic heterocycles. The number of rotatable bonds is 6. The molecule has 2 aromatic carbocycles. The number of aromatic nitrogens is 7. The van der Waals surface area contributed by atoms with Crippen molar-refractivity contribution in [2.45, 2.75) is 25.4 Å². The third kappa shape index (κ3) is 4.43. The average molecular weight is 528 g/mol. The van der Waals surface area contributed by atoms with Gasteiger partial charge in [-0.25, -0.2) is 14.8 Å². The van der Waals surface area contributed by atoms with Crippen LogP contribution in [0.5, 0.6) is 0 Å². The van der Waals surface area contributed by atoms with E-state index < -0.39 is 11.8 Å². The molecular formula is C25H21N9O3S. The number of benzene rings is 2. The van der Waals surface area contributed by atoms with Gasteiger partial charge in [0.05, 0.1) is 16.4 Å². The van der Waals surface area contributed by atoms with Crippen LogP contribution in [0.3, 0.4) is 0 Å². The van der Waals surface area contributed by atoms with E-state index in [2.05, 4.69) is 35.4 Å². The van der Waals surface area contributed by atoms with Crippen LogP contribution in [0.2, 0.25) is 0 Å². The summed E-state index contributed by atoms with van der Waals surface area (Å²) >= 11 is 1.40. The van der Waals surface area contributed by atoms with E-state index in [1.54, 1.807) is 12.3 Å². The molecule has 5 aromatic rings. The van der Waals surface area contributed by atoms with Crippen molar-refractivity contribution < 1.29 is 9.59 Å². The second-order valence-electron chi connectivity index (χ2n) is 8.91. The molecule has 190 valence electrons. The molecule has 1 aliphatic rings. The number of nitrogens with zero attached hydrogens (tertiary/aromatic N) is 7. The first-order valence-corrected chi connectivity index (χ1v) is 12.6. The molecular weight excluding hydrogens is 506 g/mol. The highest BCUT2D eigenvalue weighted by molar-refractivity contribution is 7.13. The number of aryl methyl sites for hydroxylation is 2. The van der Waals surface area contributed by atoms with Crippen LogP contribution in [0.15, 0.2) is 59.8 Å². The van der Waals surface area contributed by atoms with E-state index in [1.165, 1.54) is 35.7 Å². The van der Waals surface area contributed by atoms with Gasteiger partial charge in [0.2, 0.25) is 0 Å². The maximum absolute atomic E-state index is 13.0. The lowest BCUT2D eigenvalue weighted by Crippen LogP contribution is -2.29. The number of carbonyl (C=O) groups excluding carboxylic acids is 2. The summed E-state index contributed by atoms with van der Waals surface area (Å²) < 4.78 is 7.60. The number of carbonyl (C=O) groups is 2. The molecule has 13 heteroatoms. The van der Waals surface area contributed by atoms with Gasteiger partial charge in [0.25, 0.3) is 11.8 Å². The number of fused-ring (bicyclic) bond motifs is 2. The molecule has 0 bridgehead atoms. The minimum absolute atomic E-state index is 0.104. The smallest absolute Gasteiger partial charge is 0.347 e. The molecule has 1 atom stereocenters. The van der Waals surface area contributed by atoms with Gasteiger partial charge >= 0.3 is 5.69 Å². The minimum atomic E-state index is -0.399. The van der Waals surface area contributed by atoms with E-state index in [-0.39, 0.29) is 23.1 Å². The topological polar surface area (TPSA) is 150 Å². The molecule has 2 N–H and O–H groups in total. The quantitative estimate of drug-likeness (QED) is 0.339. The molecule has 3 heterocycles. The normalized spacial score (nSPS) is 14.4. The minimum Gasteiger partial charge on any atom is -0.347 e. The van der Waals surface area contributed by atoms with E-state index in [9.17, 15) is 14.4 Å². The summed E-state index contributed by atoms with van der Waals surface area (Å²) in [6, 6.07) is 12.6. The van der Waals surface area contributed by atoms with Crippen LogP contribution in [0.25, 0.3) is 15.8 Å². The van der Waals surface area contributed by atoms with Crippen LogP contribution in [0.1, 0.15) is 50.1 Å². The number of nitrogens with one attached hydrogen (secondary N) is 2. The zero-order valence-electron chi connectivity index (χ0n) is 20.2. The molecule has 0 saturated carbocycles. The summed E-state index contributed by atoms with van der Waals surface area (Å²) in [5.41, 5.74) is 3.41. The highest BCUT2D eigenvalue weighted by atomic mass is 32.1. The number of hydrogen-bond acceptors (Lipinski definition) is 9. The van der Waals surface area contributed by atoms with Crippen LogP contribution in [-0.4, -0.2) is 45.9 Å². The van der Waals surface area contributed by atoms with Gasteiger partial charge in [-0.1, -0.05) is 18.2 Å². The number of hydrogen-bond donors (Lipinski definition) is 2. The molecule has 38 heavy (non-hydrogen) atoms. The molecule has 1 aliphatic carbocycles. The van der Waals surface area contributed by atoms with Crippen molar-refractivity contribution in [2.24, 2.45) is 7.05 Å². The molecule has 0 fully saturated rings. The summed E-state index contributed by atoms with van der Waals surface area (Å²) in [5, 5.41) is 14.5. The van der Waals surface area contributed by atoms with Gasteiger partial charge in [-0.3, -0.25) is 9.59 Å². The van der Waals surface area contributed by atoms with Crippen molar-refractivity contribution in [3.63, 3.8) is 0 Å². The standard InChI is InChI=1S/C25H21N9O3S/c1-33-25(37)34(32-31-33)17-5-6-18-15(9-17)4-7-19(18)30-24(36)21-10-20(27-13-28-21)23(35)26-11-14-2-3-16-12-29-38-22(16)8-14/h2-3,5-6,8-10,12-13,19H,4,7,11H2,1H3,(H,26,35)(H,30,36)/t19-/m1/s1. The highest BCUT2D eigenvalue weighted by Gasteiger charge is 2.26. The summed E-state index contributed by atoms with van der Waals surface area (Å²) in [4.78, 5) is 46.0. The van der Waals surface area contributed by atoms with E-state index in [1.807, 2.05) is 30.3 Å². The summed E-state index contributed by atoms with van der Waals surface area (Å²) in [6.07, 6.45) is 4.44. The third-order valence-electron chi connectivity index (χ3n) is 6.48. The van der Waals surface area contributed by atoms with Gasteiger partial charge in [0.15, 0.2) is 0 Å². The van der Waals surface area contributed by atoms with E-state index in [0.29, 0.717) is 18.7 Å². The fourth-order valence-corrected chi connectivity index (χ4v) is 5.20. The number of amides is 2. The Kier molecular flexibility index (Phi) is 5.96. The Morgan fingerprint density at radius 2 is 1.89 bits per heavy atom. The lowest BCUT2D eigenvalue weighted by Gasteiger charge is -2.14. The molecule has 0 saturated heterocycles. The largest absolute Gasteiger partial charge is 0.368 e. The second-order valence-corrected chi connectivity index (χ2v) is 9.75. The van der Waals surface area contributed by atoms with Crippen LogP contribution in [0.4, 0.5) is 0 Å². The molecule has 6 rings (SSSR count). The van der Waals surface area contributed by atoms with Crippen molar-refractivity contribution in [3.05, 3.63) is 93.6 Å². The Hall–Kier alpha value is -4.78. The maximum atomic E-state index is 13.0. The van der Waals surface area contributed by atoms with Crippen LogP contribution in [-0.2, 0) is 20.0 Å². The fraction of sp³-hybridized carbons (Fsp3) is 0.200. The first-order chi connectivity index (χ1) is 18.5. The van der Waals surface area contributed by atoms with Crippen molar-refractivity contribution in [3.8, 4) is 5.69 Å². The van der Waals surface area contributed by atoms with Crippen molar-refractivity contribution >= 4 is 33.4 Å². The summed E-state index contributed by atoms with van der Waals surface area (Å²) in [6.45, 7) is 0.319. The predicted octanol–water partition coefficient (Wildman–Crippen LogP) is 1.71. The van der Waals surface area contributed by atoms with Gasteiger partial charge in [-0.2, -0.15) is 13.7 Å². The van der Waals surface area contributed by atoms with E-state index in [4.69, 9.17) is 0 Å².